The second kappa shape index (κ2) is 11.4. The average Bonchev–Trinajstić information content (AvgIpc) is 3.08. The molecule has 1 aromatic rings. The molecule has 152 valence electrons. The number of nitrogens with one attached hydrogen (secondary N) is 2. The summed E-state index contributed by atoms with van der Waals surface area (Å²) in [6.45, 7) is 4.50. The third-order valence-corrected chi connectivity index (χ3v) is 4.46. The Labute approximate surface area is 178 Å². The highest BCUT2D eigenvalue weighted by Gasteiger charge is 2.25. The van der Waals surface area contributed by atoms with Crippen molar-refractivity contribution in [3.63, 3.8) is 0 Å². The number of rotatable bonds is 6. The van der Waals surface area contributed by atoms with Crippen molar-refractivity contribution < 1.29 is 9.18 Å². The summed E-state index contributed by atoms with van der Waals surface area (Å²) in [4.78, 5) is 19.9. The maximum absolute atomic E-state index is 13.9. The van der Waals surface area contributed by atoms with E-state index in [1.165, 1.54) is 6.07 Å². The van der Waals surface area contributed by atoms with Gasteiger partial charge in [-0.3, -0.25) is 9.79 Å². The largest absolute Gasteiger partial charge is 0.352 e. The first-order valence-corrected chi connectivity index (χ1v) is 9.10. The van der Waals surface area contributed by atoms with E-state index in [0.29, 0.717) is 37.6 Å². The fourth-order valence-corrected chi connectivity index (χ4v) is 3.10. The van der Waals surface area contributed by atoms with Crippen LogP contribution in [0.15, 0.2) is 23.2 Å². The summed E-state index contributed by atoms with van der Waals surface area (Å²) in [5, 5.41) is 6.64. The number of nitrogens with zero attached hydrogens (tertiary/aromatic N) is 3. The van der Waals surface area contributed by atoms with Crippen LogP contribution in [-0.4, -0.2) is 61.9 Å². The van der Waals surface area contributed by atoms with E-state index < -0.39 is 0 Å². The van der Waals surface area contributed by atoms with Crippen molar-refractivity contribution in [2.45, 2.75) is 38.9 Å². The highest BCUT2D eigenvalue weighted by Crippen LogP contribution is 2.13. The number of benzene rings is 1. The van der Waals surface area contributed by atoms with Crippen LogP contribution in [0.4, 0.5) is 4.39 Å². The number of aliphatic imine (C=N–C) groups is 1. The Kier molecular flexibility index (Phi) is 10.00. The lowest BCUT2D eigenvalue weighted by molar-refractivity contribution is -0.129. The fourth-order valence-electron chi connectivity index (χ4n) is 3.10. The fraction of sp³-hybridized carbons (Fsp3) is 0.579. The SMILES string of the molecule is CCC(=O)N1CCC(NC(=NC)NCc2ccc(F)c(CN(C)C)c2)C1.I. The van der Waals surface area contributed by atoms with E-state index in [0.717, 1.165) is 18.5 Å². The lowest BCUT2D eigenvalue weighted by Crippen LogP contribution is -2.44. The molecule has 1 aliphatic heterocycles. The number of guanidine groups is 1. The van der Waals surface area contributed by atoms with Gasteiger partial charge in [-0.05, 0) is 38.2 Å². The second-order valence-electron chi connectivity index (χ2n) is 6.91. The van der Waals surface area contributed by atoms with Gasteiger partial charge in [0.15, 0.2) is 5.96 Å². The van der Waals surface area contributed by atoms with E-state index in [-0.39, 0.29) is 41.7 Å². The lowest BCUT2D eigenvalue weighted by atomic mass is 10.1. The smallest absolute Gasteiger partial charge is 0.222 e. The van der Waals surface area contributed by atoms with E-state index in [1.54, 1.807) is 13.1 Å². The number of halogens is 2. The molecule has 8 heteroatoms. The van der Waals surface area contributed by atoms with Crippen LogP contribution in [0.3, 0.4) is 0 Å². The van der Waals surface area contributed by atoms with Gasteiger partial charge in [-0.25, -0.2) is 4.39 Å². The van der Waals surface area contributed by atoms with Crippen LogP contribution in [0.5, 0.6) is 0 Å². The minimum absolute atomic E-state index is 0. The maximum atomic E-state index is 13.9. The van der Waals surface area contributed by atoms with Crippen molar-refractivity contribution in [3.8, 4) is 0 Å². The van der Waals surface area contributed by atoms with Crippen molar-refractivity contribution >= 4 is 35.8 Å². The molecule has 0 aliphatic carbocycles. The molecule has 27 heavy (non-hydrogen) atoms. The third kappa shape index (κ3) is 7.25. The minimum atomic E-state index is -0.184. The summed E-state index contributed by atoms with van der Waals surface area (Å²) in [7, 11) is 5.57. The van der Waals surface area contributed by atoms with Crippen LogP contribution in [0.25, 0.3) is 0 Å². The summed E-state index contributed by atoms with van der Waals surface area (Å²) in [5.41, 5.74) is 1.68. The summed E-state index contributed by atoms with van der Waals surface area (Å²) >= 11 is 0. The van der Waals surface area contributed by atoms with Gasteiger partial charge in [0.25, 0.3) is 0 Å². The molecule has 1 heterocycles. The highest BCUT2D eigenvalue weighted by atomic mass is 127. The predicted octanol–water partition coefficient (Wildman–Crippen LogP) is 2.18. The van der Waals surface area contributed by atoms with Crippen LogP contribution >= 0.6 is 24.0 Å². The maximum Gasteiger partial charge on any atom is 0.222 e. The van der Waals surface area contributed by atoms with E-state index in [4.69, 9.17) is 0 Å². The van der Waals surface area contributed by atoms with E-state index in [9.17, 15) is 9.18 Å². The van der Waals surface area contributed by atoms with Gasteiger partial charge in [-0.15, -0.1) is 24.0 Å². The van der Waals surface area contributed by atoms with E-state index in [1.807, 2.05) is 36.9 Å². The van der Waals surface area contributed by atoms with Gasteiger partial charge in [0, 0.05) is 51.3 Å². The zero-order chi connectivity index (χ0) is 19.1. The molecule has 0 bridgehead atoms. The Morgan fingerprint density at radius 3 is 2.78 bits per heavy atom. The number of hydrogen-bond acceptors (Lipinski definition) is 3. The molecule has 1 atom stereocenters. The van der Waals surface area contributed by atoms with Gasteiger partial charge in [-0.1, -0.05) is 13.0 Å². The zero-order valence-electron chi connectivity index (χ0n) is 16.6. The first-order chi connectivity index (χ1) is 12.4. The quantitative estimate of drug-likeness (QED) is 0.364. The molecule has 1 unspecified atom stereocenters. The molecule has 2 N–H and O–H groups in total. The molecular weight excluding hydrogens is 460 g/mol. The first kappa shape index (κ1) is 23.6. The average molecular weight is 491 g/mol. The molecule has 1 amide bonds. The molecule has 1 fully saturated rings. The molecule has 0 aromatic heterocycles. The first-order valence-electron chi connectivity index (χ1n) is 9.10. The molecule has 6 nitrogen and oxygen atoms in total. The van der Waals surface area contributed by atoms with Crippen LogP contribution in [0.1, 0.15) is 30.9 Å². The van der Waals surface area contributed by atoms with Crippen molar-refractivity contribution in [2.75, 3.05) is 34.2 Å². The van der Waals surface area contributed by atoms with Gasteiger partial charge in [0.1, 0.15) is 5.82 Å². The van der Waals surface area contributed by atoms with Gasteiger partial charge in [-0.2, -0.15) is 0 Å². The number of likely N-dealkylation sites (tertiary alicyclic amines) is 1. The minimum Gasteiger partial charge on any atom is -0.352 e. The van der Waals surface area contributed by atoms with Gasteiger partial charge < -0.3 is 20.4 Å². The topological polar surface area (TPSA) is 60.0 Å². The molecule has 0 spiro atoms. The molecule has 1 aliphatic rings. The van der Waals surface area contributed by atoms with Crippen LogP contribution in [0, 0.1) is 5.82 Å². The normalized spacial score (nSPS) is 17.0. The highest BCUT2D eigenvalue weighted by molar-refractivity contribution is 14.0. The van der Waals surface area contributed by atoms with E-state index in [2.05, 4.69) is 15.6 Å². The van der Waals surface area contributed by atoms with Crippen molar-refractivity contribution in [2.24, 2.45) is 4.99 Å². The summed E-state index contributed by atoms with van der Waals surface area (Å²) in [6.07, 6.45) is 1.45. The van der Waals surface area contributed by atoms with Crippen molar-refractivity contribution in [1.82, 2.24) is 20.4 Å². The number of hydrogen-bond donors (Lipinski definition) is 2. The molecule has 0 saturated carbocycles. The second-order valence-corrected chi connectivity index (χ2v) is 6.91. The van der Waals surface area contributed by atoms with Crippen LogP contribution in [-0.2, 0) is 17.9 Å². The monoisotopic (exact) mass is 491 g/mol. The molecular formula is C19H31FIN5O. The Morgan fingerprint density at radius 2 is 2.15 bits per heavy atom. The summed E-state index contributed by atoms with van der Waals surface area (Å²) in [6, 6.07) is 5.38. The van der Waals surface area contributed by atoms with Gasteiger partial charge in [0.2, 0.25) is 5.91 Å². The lowest BCUT2D eigenvalue weighted by Gasteiger charge is -2.19. The number of amides is 1. The van der Waals surface area contributed by atoms with Crippen molar-refractivity contribution in [1.29, 1.82) is 0 Å². The summed E-state index contributed by atoms with van der Waals surface area (Å²) < 4.78 is 13.9. The zero-order valence-corrected chi connectivity index (χ0v) is 18.9. The van der Waals surface area contributed by atoms with Gasteiger partial charge >= 0.3 is 0 Å². The molecule has 2 rings (SSSR count). The Morgan fingerprint density at radius 1 is 1.41 bits per heavy atom. The Bertz CT molecular complexity index is 653. The molecule has 0 radical (unpaired) electrons. The predicted molar refractivity (Wildman–Crippen MR) is 118 cm³/mol. The van der Waals surface area contributed by atoms with Crippen LogP contribution < -0.4 is 10.6 Å². The third-order valence-electron chi connectivity index (χ3n) is 4.46. The Hall–Kier alpha value is -1.42. The number of carbonyl (C=O) groups is 1. The molecule has 1 aromatic carbocycles. The standard InChI is InChI=1S/C19H30FN5O.HI/c1-5-18(26)25-9-8-16(13-25)23-19(21-2)22-11-14-6-7-17(20)15(10-14)12-24(3)4;/h6-7,10,16H,5,8-9,11-13H2,1-4H3,(H2,21,22,23);1H. The van der Waals surface area contributed by atoms with Crippen molar-refractivity contribution in [3.05, 3.63) is 35.1 Å². The van der Waals surface area contributed by atoms with Crippen LogP contribution in [0.2, 0.25) is 0 Å². The summed E-state index contributed by atoms with van der Waals surface area (Å²) in [5.74, 6) is 0.702. The molecule has 1 saturated heterocycles. The number of carbonyl (C=O) groups excluding carboxylic acids is 1. The van der Waals surface area contributed by atoms with Gasteiger partial charge in [0.05, 0.1) is 0 Å². The van der Waals surface area contributed by atoms with E-state index >= 15 is 0 Å². The Balaban J connectivity index is 0.00000364.